The van der Waals surface area contributed by atoms with Crippen LogP contribution in [0.25, 0.3) is 0 Å². The minimum atomic E-state index is -3.63. The summed E-state index contributed by atoms with van der Waals surface area (Å²) in [4.78, 5) is 0. The molecule has 2 rings (SSSR count). The van der Waals surface area contributed by atoms with E-state index >= 15 is 0 Å². The Hall–Kier alpha value is -1.18. The van der Waals surface area contributed by atoms with Gasteiger partial charge in [0.25, 0.3) is 8.32 Å². The third-order valence-electron chi connectivity index (χ3n) is 4.96. The zero-order chi connectivity index (χ0) is 20.8. The van der Waals surface area contributed by atoms with E-state index in [0.717, 1.165) is 10.4 Å². The molecule has 0 amide bonds. The van der Waals surface area contributed by atoms with Crippen LogP contribution in [0, 0.1) is 5.92 Å². The number of hydrogen-bond acceptors (Lipinski definition) is 4. The molecule has 28 heavy (non-hydrogen) atoms. The van der Waals surface area contributed by atoms with Crippen LogP contribution < -0.4 is 16.1 Å². The highest BCUT2D eigenvalue weighted by molar-refractivity contribution is 8.13. The number of benzene rings is 2. The fourth-order valence-corrected chi connectivity index (χ4v) is 9.74. The predicted molar refractivity (Wildman–Crippen MR) is 120 cm³/mol. The number of halogens is 1. The van der Waals surface area contributed by atoms with E-state index in [-0.39, 0.29) is 16.7 Å². The Morgan fingerprint density at radius 3 is 1.82 bits per heavy atom. The van der Waals surface area contributed by atoms with Crippen molar-refractivity contribution in [2.24, 2.45) is 11.7 Å². The first-order valence-corrected chi connectivity index (χ1v) is 13.9. The van der Waals surface area contributed by atoms with Crippen molar-refractivity contribution in [3.05, 3.63) is 60.7 Å². The number of rotatable bonds is 9. The average molecular weight is 440 g/mol. The third-order valence-corrected chi connectivity index (χ3v) is 11.2. The summed E-state index contributed by atoms with van der Waals surface area (Å²) >= 11 is 0. The van der Waals surface area contributed by atoms with Crippen LogP contribution in [0.3, 0.4) is 0 Å². The maximum absolute atomic E-state index is 11.7. The Morgan fingerprint density at radius 1 is 1.00 bits per heavy atom. The molecule has 4 nitrogen and oxygen atoms in total. The summed E-state index contributed by atoms with van der Waals surface area (Å²) in [5, 5.41) is 2.16. The third kappa shape index (κ3) is 5.67. The Kier molecular flexibility index (Phi) is 7.87. The summed E-state index contributed by atoms with van der Waals surface area (Å²) in [7, 11) is -0.796. The summed E-state index contributed by atoms with van der Waals surface area (Å²) < 4.78 is 30.1. The molecular weight excluding hydrogens is 410 g/mol. The van der Waals surface area contributed by atoms with E-state index in [0.29, 0.717) is 19.6 Å². The van der Waals surface area contributed by atoms with Gasteiger partial charge in [0.15, 0.2) is 0 Å². The molecule has 2 aromatic carbocycles. The van der Waals surface area contributed by atoms with Crippen molar-refractivity contribution < 1.29 is 12.8 Å². The van der Waals surface area contributed by atoms with Crippen molar-refractivity contribution in [1.29, 1.82) is 0 Å². The van der Waals surface area contributed by atoms with Gasteiger partial charge in [0.1, 0.15) is 0 Å². The Labute approximate surface area is 174 Å². The molecule has 0 bridgehead atoms. The molecule has 0 spiro atoms. The van der Waals surface area contributed by atoms with E-state index < -0.39 is 17.4 Å². The van der Waals surface area contributed by atoms with Crippen molar-refractivity contribution in [2.45, 2.75) is 32.2 Å². The minimum absolute atomic E-state index is 0.135. The van der Waals surface area contributed by atoms with Crippen LogP contribution in [-0.4, -0.2) is 35.6 Å². The average Bonchev–Trinajstić information content (AvgIpc) is 2.62. The van der Waals surface area contributed by atoms with Gasteiger partial charge < -0.3 is 10.2 Å². The largest absolute Gasteiger partial charge is 0.407 e. The van der Waals surface area contributed by atoms with Gasteiger partial charge in [-0.25, -0.2) is 8.42 Å². The van der Waals surface area contributed by atoms with E-state index in [2.05, 4.69) is 45.0 Å². The second-order valence-corrected chi connectivity index (χ2v) is 15.3. The van der Waals surface area contributed by atoms with Crippen molar-refractivity contribution in [3.63, 3.8) is 0 Å². The van der Waals surface area contributed by atoms with E-state index in [1.54, 1.807) is 0 Å². The SMILES string of the molecule is CC(C)(C)[Si](OCC(CCN)CS(=O)(=O)Cl)(c1ccccc1)c1ccccc1. The van der Waals surface area contributed by atoms with Gasteiger partial charge in [0.2, 0.25) is 9.05 Å². The molecule has 2 N–H and O–H groups in total. The highest BCUT2D eigenvalue weighted by atomic mass is 35.7. The maximum atomic E-state index is 11.7. The molecule has 0 aliphatic carbocycles. The van der Waals surface area contributed by atoms with Crippen molar-refractivity contribution >= 4 is 38.4 Å². The van der Waals surface area contributed by atoms with Crippen LogP contribution in [0.15, 0.2) is 60.7 Å². The molecule has 0 aliphatic heterocycles. The molecular formula is C21H30ClNO3SSi. The second kappa shape index (κ2) is 9.54. The quantitative estimate of drug-likeness (QED) is 0.481. The van der Waals surface area contributed by atoms with E-state index in [4.69, 9.17) is 20.8 Å². The highest BCUT2D eigenvalue weighted by Crippen LogP contribution is 2.37. The molecule has 154 valence electrons. The predicted octanol–water partition coefficient (Wildman–Crippen LogP) is 3.10. The molecule has 0 fully saturated rings. The molecule has 1 unspecified atom stereocenters. The van der Waals surface area contributed by atoms with Gasteiger partial charge >= 0.3 is 0 Å². The van der Waals surface area contributed by atoms with Gasteiger partial charge in [-0.2, -0.15) is 0 Å². The van der Waals surface area contributed by atoms with Gasteiger partial charge in [-0.05, 0) is 34.3 Å². The van der Waals surface area contributed by atoms with Crippen LogP contribution in [0.1, 0.15) is 27.2 Å². The fourth-order valence-electron chi connectivity index (χ4n) is 3.74. The van der Waals surface area contributed by atoms with Gasteiger partial charge in [-0.1, -0.05) is 81.4 Å². The van der Waals surface area contributed by atoms with Gasteiger partial charge in [-0.15, -0.1) is 0 Å². The molecule has 0 heterocycles. The van der Waals surface area contributed by atoms with Crippen LogP contribution in [0.5, 0.6) is 0 Å². The molecule has 7 heteroatoms. The number of nitrogens with two attached hydrogens (primary N) is 1. The molecule has 1 atom stereocenters. The highest BCUT2D eigenvalue weighted by Gasteiger charge is 2.50. The van der Waals surface area contributed by atoms with Crippen molar-refractivity contribution in [2.75, 3.05) is 18.9 Å². The van der Waals surface area contributed by atoms with Gasteiger partial charge in [0, 0.05) is 17.3 Å². The smallest absolute Gasteiger partial charge is 0.261 e. The number of hydrogen-bond donors (Lipinski definition) is 1. The monoisotopic (exact) mass is 439 g/mol. The summed E-state index contributed by atoms with van der Waals surface area (Å²) in [6.07, 6.45) is 0.546. The van der Waals surface area contributed by atoms with Crippen molar-refractivity contribution in [3.8, 4) is 0 Å². The second-order valence-electron chi connectivity index (χ2n) is 8.12. The summed E-state index contributed by atoms with van der Waals surface area (Å²) in [6, 6.07) is 20.5. The molecule has 0 aromatic heterocycles. The zero-order valence-electron chi connectivity index (χ0n) is 16.8. The lowest BCUT2D eigenvalue weighted by Gasteiger charge is -2.43. The first-order chi connectivity index (χ1) is 13.1. The summed E-state index contributed by atoms with van der Waals surface area (Å²) in [6.45, 7) is 7.26. The lowest BCUT2D eigenvalue weighted by molar-refractivity contribution is 0.241. The van der Waals surface area contributed by atoms with Gasteiger partial charge in [0.05, 0.1) is 5.75 Å². The van der Waals surface area contributed by atoms with Crippen LogP contribution in [0.2, 0.25) is 5.04 Å². The van der Waals surface area contributed by atoms with Crippen LogP contribution >= 0.6 is 10.7 Å². The van der Waals surface area contributed by atoms with E-state index in [9.17, 15) is 8.42 Å². The van der Waals surface area contributed by atoms with E-state index in [1.165, 1.54) is 0 Å². The molecule has 0 saturated heterocycles. The standard InChI is InChI=1S/C21H30ClNO3SSi/c1-21(2,3)28(19-10-6-4-7-11-19,20-12-8-5-9-13-20)26-16-18(14-15-23)17-27(22,24)25/h4-13,18H,14-17,23H2,1-3H3. The molecule has 0 saturated carbocycles. The first-order valence-electron chi connectivity index (χ1n) is 9.47. The minimum Gasteiger partial charge on any atom is -0.407 e. The summed E-state index contributed by atoms with van der Waals surface area (Å²) in [5.74, 6) is -0.376. The lowest BCUT2D eigenvalue weighted by Crippen LogP contribution is -2.67. The fraction of sp³-hybridized carbons (Fsp3) is 0.429. The Bertz CT molecular complexity index is 799. The Morgan fingerprint density at radius 2 is 1.46 bits per heavy atom. The summed E-state index contributed by atoms with van der Waals surface area (Å²) in [5.41, 5.74) is 5.71. The molecule has 0 radical (unpaired) electrons. The van der Waals surface area contributed by atoms with Gasteiger partial charge in [-0.3, -0.25) is 0 Å². The maximum Gasteiger partial charge on any atom is 0.261 e. The van der Waals surface area contributed by atoms with Crippen LogP contribution in [0.4, 0.5) is 0 Å². The Balaban J connectivity index is 2.52. The van der Waals surface area contributed by atoms with Crippen molar-refractivity contribution in [1.82, 2.24) is 0 Å². The topological polar surface area (TPSA) is 69.4 Å². The lowest BCUT2D eigenvalue weighted by atomic mass is 10.1. The van der Waals surface area contributed by atoms with E-state index in [1.807, 2.05) is 36.4 Å². The first kappa shape index (κ1) is 23.1. The molecule has 2 aromatic rings. The van der Waals surface area contributed by atoms with Crippen LogP contribution in [-0.2, 0) is 13.5 Å². The molecule has 0 aliphatic rings. The normalized spacial score (nSPS) is 14.0. The zero-order valence-corrected chi connectivity index (χ0v) is 19.3.